The van der Waals surface area contributed by atoms with E-state index in [4.69, 9.17) is 10.3 Å². The minimum atomic E-state index is 0.0655. The lowest BCUT2D eigenvalue weighted by Gasteiger charge is -2.16. The summed E-state index contributed by atoms with van der Waals surface area (Å²) < 4.78 is 6.34. The monoisotopic (exact) mass is 302 g/mol. The summed E-state index contributed by atoms with van der Waals surface area (Å²) in [7, 11) is 0. The third-order valence-electron chi connectivity index (χ3n) is 3.56. The second kappa shape index (κ2) is 5.04. The van der Waals surface area contributed by atoms with Gasteiger partial charge in [-0.3, -0.25) is 0 Å². The van der Waals surface area contributed by atoms with Gasteiger partial charge in [0.25, 0.3) is 0 Å². The Morgan fingerprint density at radius 2 is 2.05 bits per heavy atom. The first-order valence-corrected chi connectivity index (χ1v) is 7.63. The number of nitrogens with one attached hydrogen (secondary N) is 1. The molecule has 0 bridgehead atoms. The van der Waals surface area contributed by atoms with Gasteiger partial charge < -0.3 is 15.6 Å². The molecule has 1 aromatic carbocycles. The Balaban J connectivity index is 1.95. The molecule has 21 heavy (non-hydrogen) atoms. The summed E-state index contributed by atoms with van der Waals surface area (Å²) in [4.78, 5) is 4.51. The molecule has 0 fully saturated rings. The van der Waals surface area contributed by atoms with Gasteiger partial charge in [-0.1, -0.05) is 5.16 Å². The number of rotatable bonds is 3. The van der Waals surface area contributed by atoms with E-state index >= 15 is 0 Å². The van der Waals surface area contributed by atoms with Gasteiger partial charge in [-0.15, -0.1) is 11.3 Å². The van der Waals surface area contributed by atoms with E-state index in [1.54, 1.807) is 11.3 Å². The molecule has 0 saturated heterocycles. The van der Waals surface area contributed by atoms with Crippen LogP contribution in [0.15, 0.2) is 16.7 Å². The van der Waals surface area contributed by atoms with Crippen LogP contribution in [-0.4, -0.2) is 10.1 Å². The number of anilines is 2. The van der Waals surface area contributed by atoms with E-state index in [9.17, 15) is 0 Å². The number of aryl methyl sites for hydroxylation is 3. The molecule has 1 unspecified atom stereocenters. The van der Waals surface area contributed by atoms with E-state index < -0.39 is 0 Å². The number of fused-ring (bicyclic) bond motifs is 1. The second-order valence-corrected chi connectivity index (χ2v) is 6.48. The minimum Gasteiger partial charge on any atom is -0.397 e. The normalized spacial score (nSPS) is 12.8. The van der Waals surface area contributed by atoms with E-state index in [0.717, 1.165) is 43.6 Å². The van der Waals surface area contributed by atoms with Gasteiger partial charge in [-0.2, -0.15) is 0 Å². The van der Waals surface area contributed by atoms with E-state index in [1.165, 1.54) is 0 Å². The van der Waals surface area contributed by atoms with Crippen molar-refractivity contribution in [3.05, 3.63) is 34.2 Å². The largest absolute Gasteiger partial charge is 0.397 e. The molecule has 0 aliphatic rings. The standard InChI is InChI=1S/C15H18N4OS/c1-7(15-8(2)19-20-9(15)3)17-12-6-13-14(5-11(12)16)21-10(4)18-13/h5-7,17H,16H2,1-4H3. The van der Waals surface area contributed by atoms with Gasteiger partial charge in [0.2, 0.25) is 0 Å². The second-order valence-electron chi connectivity index (χ2n) is 5.24. The first-order chi connectivity index (χ1) is 9.95. The van der Waals surface area contributed by atoms with E-state index in [0.29, 0.717) is 0 Å². The lowest BCUT2D eigenvalue weighted by atomic mass is 10.1. The van der Waals surface area contributed by atoms with Crippen molar-refractivity contribution in [1.29, 1.82) is 0 Å². The SMILES string of the molecule is Cc1nc2cc(NC(C)c3c(C)noc3C)c(N)cc2s1. The highest BCUT2D eigenvalue weighted by atomic mass is 32.1. The van der Waals surface area contributed by atoms with Gasteiger partial charge in [0.15, 0.2) is 0 Å². The number of thiazole rings is 1. The fourth-order valence-electron chi connectivity index (χ4n) is 2.64. The van der Waals surface area contributed by atoms with E-state index in [2.05, 4.69) is 22.4 Å². The van der Waals surface area contributed by atoms with Crippen LogP contribution in [0.3, 0.4) is 0 Å². The number of hydrogen-bond acceptors (Lipinski definition) is 6. The number of benzene rings is 1. The predicted octanol–water partition coefficient (Wildman–Crippen LogP) is 3.96. The molecule has 3 rings (SSSR count). The van der Waals surface area contributed by atoms with Crippen LogP contribution in [0.25, 0.3) is 10.2 Å². The Bertz CT molecular complexity index is 786. The minimum absolute atomic E-state index is 0.0655. The molecule has 0 radical (unpaired) electrons. The third-order valence-corrected chi connectivity index (χ3v) is 4.49. The summed E-state index contributed by atoms with van der Waals surface area (Å²) in [6, 6.07) is 4.04. The highest BCUT2D eigenvalue weighted by molar-refractivity contribution is 7.18. The first kappa shape index (κ1) is 13.9. The van der Waals surface area contributed by atoms with E-state index in [-0.39, 0.29) is 6.04 Å². The zero-order valence-electron chi connectivity index (χ0n) is 12.5. The lowest BCUT2D eigenvalue weighted by molar-refractivity contribution is 0.392. The van der Waals surface area contributed by atoms with Crippen molar-refractivity contribution in [3.63, 3.8) is 0 Å². The van der Waals surface area contributed by atoms with Gasteiger partial charge in [0, 0.05) is 5.56 Å². The Morgan fingerprint density at radius 3 is 2.71 bits per heavy atom. The van der Waals surface area contributed by atoms with E-state index in [1.807, 2.05) is 32.9 Å². The van der Waals surface area contributed by atoms with Crippen molar-refractivity contribution >= 4 is 32.9 Å². The molecule has 0 spiro atoms. The topological polar surface area (TPSA) is 77.0 Å². The maximum absolute atomic E-state index is 6.15. The molecule has 5 nitrogen and oxygen atoms in total. The molecule has 2 heterocycles. The predicted molar refractivity (Wildman–Crippen MR) is 86.8 cm³/mol. The molecular weight excluding hydrogens is 284 g/mol. The smallest absolute Gasteiger partial charge is 0.139 e. The molecular formula is C15H18N4OS. The van der Waals surface area contributed by atoms with Crippen molar-refractivity contribution in [1.82, 2.24) is 10.1 Å². The summed E-state index contributed by atoms with van der Waals surface area (Å²) in [6.45, 7) is 7.94. The summed E-state index contributed by atoms with van der Waals surface area (Å²) in [5.74, 6) is 0.830. The van der Waals surface area contributed by atoms with Crippen LogP contribution < -0.4 is 11.1 Å². The van der Waals surface area contributed by atoms with Crippen LogP contribution >= 0.6 is 11.3 Å². The van der Waals surface area contributed by atoms with Gasteiger partial charge in [0.1, 0.15) is 5.76 Å². The lowest BCUT2D eigenvalue weighted by Crippen LogP contribution is -2.10. The molecule has 110 valence electrons. The average Bonchev–Trinajstić information content (AvgIpc) is 2.91. The molecule has 0 saturated carbocycles. The third kappa shape index (κ3) is 2.47. The van der Waals surface area contributed by atoms with Crippen LogP contribution in [0.2, 0.25) is 0 Å². The number of nitrogens with zero attached hydrogens (tertiary/aromatic N) is 2. The molecule has 6 heteroatoms. The highest BCUT2D eigenvalue weighted by Gasteiger charge is 2.17. The summed E-state index contributed by atoms with van der Waals surface area (Å²) >= 11 is 1.65. The van der Waals surface area contributed by atoms with Gasteiger partial charge in [0.05, 0.1) is 38.3 Å². The van der Waals surface area contributed by atoms with Crippen molar-refractivity contribution in [2.75, 3.05) is 11.1 Å². The van der Waals surface area contributed by atoms with Crippen molar-refractivity contribution in [2.24, 2.45) is 0 Å². The molecule has 0 aliphatic heterocycles. The molecule has 0 aliphatic carbocycles. The van der Waals surface area contributed by atoms with Crippen molar-refractivity contribution in [2.45, 2.75) is 33.7 Å². The summed E-state index contributed by atoms with van der Waals surface area (Å²) in [5.41, 5.74) is 10.7. The maximum Gasteiger partial charge on any atom is 0.139 e. The van der Waals surface area contributed by atoms with Crippen LogP contribution in [-0.2, 0) is 0 Å². The Labute approximate surface area is 127 Å². The highest BCUT2D eigenvalue weighted by Crippen LogP contribution is 2.32. The zero-order chi connectivity index (χ0) is 15.1. The maximum atomic E-state index is 6.15. The number of nitrogen functional groups attached to an aromatic ring is 1. The van der Waals surface area contributed by atoms with Crippen molar-refractivity contribution in [3.8, 4) is 0 Å². The zero-order valence-corrected chi connectivity index (χ0v) is 13.3. The van der Waals surface area contributed by atoms with Crippen LogP contribution in [0.5, 0.6) is 0 Å². The Morgan fingerprint density at radius 1 is 1.29 bits per heavy atom. The fourth-order valence-corrected chi connectivity index (χ4v) is 3.50. The summed E-state index contributed by atoms with van der Waals surface area (Å²) in [5, 5.41) is 8.47. The average molecular weight is 302 g/mol. The Kier molecular flexibility index (Phi) is 3.33. The van der Waals surface area contributed by atoms with Crippen LogP contribution in [0, 0.1) is 20.8 Å². The number of hydrogen-bond donors (Lipinski definition) is 2. The van der Waals surface area contributed by atoms with Gasteiger partial charge in [-0.25, -0.2) is 4.98 Å². The molecule has 3 N–H and O–H groups in total. The molecule has 3 aromatic rings. The van der Waals surface area contributed by atoms with Crippen molar-refractivity contribution < 1.29 is 4.52 Å². The van der Waals surface area contributed by atoms with Crippen LogP contribution in [0.1, 0.15) is 35.0 Å². The summed E-state index contributed by atoms with van der Waals surface area (Å²) in [6.07, 6.45) is 0. The number of aromatic nitrogens is 2. The Hall–Kier alpha value is -2.08. The first-order valence-electron chi connectivity index (χ1n) is 6.81. The fraction of sp³-hybridized carbons (Fsp3) is 0.333. The van der Waals surface area contributed by atoms with Gasteiger partial charge in [-0.05, 0) is 39.8 Å². The molecule has 2 aromatic heterocycles. The van der Waals surface area contributed by atoms with Crippen LogP contribution in [0.4, 0.5) is 11.4 Å². The molecule has 1 atom stereocenters. The van der Waals surface area contributed by atoms with Gasteiger partial charge >= 0.3 is 0 Å². The quantitative estimate of drug-likeness (QED) is 0.716. The molecule has 0 amide bonds. The number of nitrogens with two attached hydrogens (primary N) is 1.